The average molecular weight is 697 g/mol. The van der Waals surface area contributed by atoms with Crippen LogP contribution in [0, 0.1) is 71.7 Å². The first-order chi connectivity index (χ1) is 25.7. The summed E-state index contributed by atoms with van der Waals surface area (Å²) in [5.74, 6) is 25.7. The molecular formula is C44H36N6O3. The minimum absolute atomic E-state index is 0.00225. The van der Waals surface area contributed by atoms with Crippen LogP contribution in [0.2, 0.25) is 0 Å². The SMILES string of the molecule is C#CC#CC#CC#CC#CC#COC(=O)c1nn2c(-c3cc(C(C)(C)C)ccc3OCC)nnc2/c1=C\C=C\C=C1N(CC)c2ccccc2N1CC. The van der Waals surface area contributed by atoms with Crippen LogP contribution in [0.25, 0.3) is 23.1 Å². The van der Waals surface area contributed by atoms with Crippen LogP contribution in [0.1, 0.15) is 57.6 Å². The van der Waals surface area contributed by atoms with Crippen molar-refractivity contribution in [1.29, 1.82) is 0 Å². The standard InChI is InChI=1S/C44H36N6O3/c1-8-12-13-14-15-16-17-18-19-24-31-53-43(51)40-34(25-20-23-28-39-48(9-2)36-26-21-22-27-37(36)49(39)10-3)41-45-46-42(50(41)47-40)35-32-33(44(5,6)7)29-30-38(35)52-11-4/h1,20-23,25-30,32H,9-11H2,2-7H3/b23-20+,34-25-. The molecule has 9 nitrogen and oxygen atoms in total. The third kappa shape index (κ3) is 8.37. The van der Waals surface area contributed by atoms with E-state index >= 15 is 0 Å². The number of carbonyl (C=O) groups excluding carboxylic acids is 1. The lowest BCUT2D eigenvalue weighted by Gasteiger charge is -2.23. The van der Waals surface area contributed by atoms with E-state index in [9.17, 15) is 4.79 Å². The Balaban J connectivity index is 1.55. The van der Waals surface area contributed by atoms with Crippen molar-refractivity contribution in [2.24, 2.45) is 0 Å². The Bertz CT molecular complexity index is 2510. The van der Waals surface area contributed by atoms with Gasteiger partial charge in [-0.05, 0) is 97.8 Å². The molecule has 0 radical (unpaired) electrons. The van der Waals surface area contributed by atoms with Gasteiger partial charge in [-0.3, -0.25) is 0 Å². The van der Waals surface area contributed by atoms with Crippen LogP contribution in [0.5, 0.6) is 5.75 Å². The van der Waals surface area contributed by atoms with E-state index in [1.54, 1.807) is 6.08 Å². The third-order valence-corrected chi connectivity index (χ3v) is 7.95. The number of para-hydroxylation sites is 2. The molecule has 1 aliphatic heterocycles. The summed E-state index contributed by atoms with van der Waals surface area (Å²) in [6, 6.07) is 14.3. The highest BCUT2D eigenvalue weighted by Gasteiger charge is 2.28. The second-order valence-corrected chi connectivity index (χ2v) is 12.2. The van der Waals surface area contributed by atoms with Gasteiger partial charge in [0.15, 0.2) is 17.2 Å². The first kappa shape index (κ1) is 37.0. The lowest BCUT2D eigenvalue weighted by Crippen LogP contribution is -2.27. The van der Waals surface area contributed by atoms with Gasteiger partial charge in [0, 0.05) is 42.7 Å². The van der Waals surface area contributed by atoms with Gasteiger partial charge >= 0.3 is 5.97 Å². The first-order valence-electron chi connectivity index (χ1n) is 17.0. The number of hydrogen-bond acceptors (Lipinski definition) is 8. The number of benzene rings is 2. The quantitative estimate of drug-likeness (QED) is 0.176. The first-order valence-corrected chi connectivity index (χ1v) is 17.0. The zero-order chi connectivity index (χ0) is 37.8. The van der Waals surface area contributed by atoms with Gasteiger partial charge in [0.05, 0.1) is 28.8 Å². The van der Waals surface area contributed by atoms with Crippen molar-refractivity contribution in [3.8, 4) is 88.9 Å². The maximum atomic E-state index is 13.5. The van der Waals surface area contributed by atoms with Crippen LogP contribution in [0.15, 0.2) is 66.5 Å². The van der Waals surface area contributed by atoms with Gasteiger partial charge in [-0.2, -0.15) is 9.61 Å². The summed E-state index contributed by atoms with van der Waals surface area (Å²) in [4.78, 5) is 18.0. The number of anilines is 2. The van der Waals surface area contributed by atoms with Gasteiger partial charge < -0.3 is 19.3 Å². The molecular weight excluding hydrogens is 661 g/mol. The fraction of sp³-hybridized carbons (Fsp3) is 0.227. The zero-order valence-corrected chi connectivity index (χ0v) is 30.5. The molecule has 4 aromatic rings. The summed E-state index contributed by atoms with van der Waals surface area (Å²) in [7, 11) is 0. The second kappa shape index (κ2) is 17.1. The molecule has 1 aliphatic rings. The van der Waals surface area contributed by atoms with Crippen LogP contribution < -0.4 is 19.8 Å². The van der Waals surface area contributed by atoms with Crippen molar-refractivity contribution in [2.75, 3.05) is 29.5 Å². The highest BCUT2D eigenvalue weighted by Crippen LogP contribution is 2.41. The second-order valence-electron chi connectivity index (χ2n) is 12.2. The van der Waals surface area contributed by atoms with Crippen LogP contribution in [0.3, 0.4) is 0 Å². The van der Waals surface area contributed by atoms with E-state index in [0.717, 1.165) is 35.8 Å². The van der Waals surface area contributed by atoms with Gasteiger partial charge in [0.2, 0.25) is 0 Å². The topological polar surface area (TPSA) is 85.1 Å². The number of nitrogens with zero attached hydrogens (tertiary/aromatic N) is 6. The van der Waals surface area contributed by atoms with Crippen molar-refractivity contribution in [3.63, 3.8) is 0 Å². The minimum Gasteiger partial charge on any atom is -0.493 e. The van der Waals surface area contributed by atoms with Gasteiger partial charge in [-0.15, -0.1) is 16.6 Å². The van der Waals surface area contributed by atoms with E-state index in [0.29, 0.717) is 34.6 Å². The minimum atomic E-state index is -0.785. The molecule has 0 aliphatic carbocycles. The van der Waals surface area contributed by atoms with E-state index in [2.05, 4.69) is 137 Å². The highest BCUT2D eigenvalue weighted by molar-refractivity contribution is 5.90. The van der Waals surface area contributed by atoms with Crippen molar-refractivity contribution in [3.05, 3.63) is 83.0 Å². The number of esters is 1. The molecule has 9 heteroatoms. The van der Waals surface area contributed by atoms with Crippen LogP contribution in [-0.2, 0) is 10.2 Å². The van der Waals surface area contributed by atoms with E-state index in [1.165, 1.54) is 4.52 Å². The molecule has 0 bridgehead atoms. The molecule has 53 heavy (non-hydrogen) atoms. The Morgan fingerprint density at radius 3 is 2.06 bits per heavy atom. The maximum Gasteiger partial charge on any atom is 0.373 e. The Labute approximate surface area is 310 Å². The van der Waals surface area contributed by atoms with Crippen molar-refractivity contribution >= 4 is 29.1 Å². The lowest BCUT2D eigenvalue weighted by molar-refractivity contribution is 0.0682. The van der Waals surface area contributed by atoms with E-state index < -0.39 is 5.97 Å². The fourth-order valence-electron chi connectivity index (χ4n) is 5.58. The maximum absolute atomic E-state index is 13.5. The molecule has 0 fully saturated rings. The number of hydrogen-bond donors (Lipinski definition) is 0. The average Bonchev–Trinajstić information content (AvgIpc) is 3.82. The molecule has 0 N–H and O–H groups in total. The number of carbonyl (C=O) groups is 1. The highest BCUT2D eigenvalue weighted by atomic mass is 16.5. The largest absolute Gasteiger partial charge is 0.493 e. The van der Waals surface area contributed by atoms with Crippen LogP contribution in [-0.4, -0.2) is 45.5 Å². The molecule has 0 amide bonds. The van der Waals surface area contributed by atoms with E-state index in [4.69, 9.17) is 15.9 Å². The Hall–Kier alpha value is -7.30. The summed E-state index contributed by atoms with van der Waals surface area (Å²) in [5.41, 5.74) is 4.30. The predicted octanol–water partition coefficient (Wildman–Crippen LogP) is 5.52. The number of ether oxygens (including phenoxy) is 2. The van der Waals surface area contributed by atoms with E-state index in [1.807, 2.05) is 55.5 Å². The molecule has 0 unspecified atom stereocenters. The number of allylic oxidation sites excluding steroid dienone is 3. The number of aromatic nitrogens is 4. The normalized spacial score (nSPS) is 11.8. The number of rotatable bonds is 8. The Kier molecular flexibility index (Phi) is 11.9. The summed E-state index contributed by atoms with van der Waals surface area (Å²) < 4.78 is 12.8. The Morgan fingerprint density at radius 2 is 1.45 bits per heavy atom. The molecule has 3 heterocycles. The molecule has 0 spiro atoms. The molecule has 5 rings (SSSR count). The monoisotopic (exact) mass is 696 g/mol. The van der Waals surface area contributed by atoms with Crippen molar-refractivity contribution < 1.29 is 14.3 Å². The van der Waals surface area contributed by atoms with Crippen molar-refractivity contribution in [1.82, 2.24) is 19.8 Å². The summed E-state index contributed by atoms with van der Waals surface area (Å²) >= 11 is 0. The van der Waals surface area contributed by atoms with Gasteiger partial charge in [0.25, 0.3) is 0 Å². The summed E-state index contributed by atoms with van der Waals surface area (Å²) in [6.07, 6.45) is 14.9. The fourth-order valence-corrected chi connectivity index (χ4v) is 5.58. The molecule has 2 aromatic heterocycles. The molecule has 2 aromatic carbocycles. The van der Waals surface area contributed by atoms with Crippen molar-refractivity contribution in [2.45, 2.75) is 47.0 Å². The smallest absolute Gasteiger partial charge is 0.373 e. The van der Waals surface area contributed by atoms with Gasteiger partial charge in [0.1, 0.15) is 17.7 Å². The van der Waals surface area contributed by atoms with Gasteiger partial charge in [-0.1, -0.05) is 51.1 Å². The lowest BCUT2D eigenvalue weighted by atomic mass is 9.86. The number of terminal acetylenes is 1. The Morgan fingerprint density at radius 1 is 0.830 bits per heavy atom. The predicted molar refractivity (Wildman–Crippen MR) is 209 cm³/mol. The third-order valence-electron chi connectivity index (χ3n) is 7.95. The summed E-state index contributed by atoms with van der Waals surface area (Å²) in [5, 5.41) is 14.0. The zero-order valence-electron chi connectivity index (χ0n) is 30.5. The number of fused-ring (bicyclic) bond motifs is 2. The molecule has 260 valence electrons. The summed E-state index contributed by atoms with van der Waals surface area (Å²) in [6.45, 7) is 14.6. The molecule has 0 saturated carbocycles. The van der Waals surface area contributed by atoms with Crippen LogP contribution >= 0.6 is 0 Å². The molecule has 0 saturated heterocycles. The van der Waals surface area contributed by atoms with Gasteiger partial charge in [-0.25, -0.2) is 4.79 Å². The molecule has 0 atom stereocenters. The van der Waals surface area contributed by atoms with E-state index in [-0.39, 0.29) is 11.1 Å². The van der Waals surface area contributed by atoms with Crippen LogP contribution in [0.4, 0.5) is 11.4 Å².